The van der Waals surface area contributed by atoms with E-state index in [1.807, 2.05) is 21.1 Å². The van der Waals surface area contributed by atoms with E-state index in [1.54, 1.807) is 0 Å². The van der Waals surface area contributed by atoms with Crippen molar-refractivity contribution in [2.45, 2.75) is 116 Å². The summed E-state index contributed by atoms with van der Waals surface area (Å²) in [7, 11) is 1.56. The number of hydrogen-bond donors (Lipinski definition) is 2. The van der Waals surface area contributed by atoms with E-state index in [0.29, 0.717) is 17.4 Å². The summed E-state index contributed by atoms with van der Waals surface area (Å²) in [5.41, 5.74) is 0. The lowest BCUT2D eigenvalue weighted by atomic mass is 10.1. The average molecular weight is 551 g/mol. The summed E-state index contributed by atoms with van der Waals surface area (Å²) in [5.74, 6) is -0.375. The number of likely N-dealkylation sites (N-methyl/N-ethyl adjacent to an activating group) is 1. The summed E-state index contributed by atoms with van der Waals surface area (Å²) in [6.45, 7) is 2.12. The first-order valence-corrected chi connectivity index (χ1v) is 16.0. The maximum absolute atomic E-state index is 11.8. The molecule has 0 radical (unpaired) electrons. The molecule has 2 N–H and O–H groups in total. The van der Waals surface area contributed by atoms with Gasteiger partial charge in [0.25, 0.3) is 0 Å². The molecule has 0 heterocycles. The van der Waals surface area contributed by atoms with Gasteiger partial charge >= 0.3 is 13.8 Å². The highest BCUT2D eigenvalue weighted by Gasteiger charge is 2.24. The van der Waals surface area contributed by atoms with Gasteiger partial charge in [-0.2, -0.15) is 0 Å². The minimum Gasteiger partial charge on any atom is -0.463 e. The van der Waals surface area contributed by atoms with Crippen LogP contribution in [0.15, 0.2) is 12.2 Å². The minimum atomic E-state index is -4.24. The van der Waals surface area contributed by atoms with Gasteiger partial charge in [-0.1, -0.05) is 83.3 Å². The van der Waals surface area contributed by atoms with Crippen LogP contribution in [0, 0.1) is 0 Å². The van der Waals surface area contributed by atoms with Gasteiger partial charge in [0.1, 0.15) is 25.9 Å². The fraction of sp³-hybridized carbons (Fsp3) is 0.893. The van der Waals surface area contributed by atoms with Crippen LogP contribution in [0.25, 0.3) is 0 Å². The van der Waals surface area contributed by atoms with Gasteiger partial charge < -0.3 is 19.2 Å². The second kappa shape index (κ2) is 23.2. The van der Waals surface area contributed by atoms with Crippen LogP contribution >= 0.6 is 7.82 Å². The number of allylic oxidation sites excluding steroid dienone is 2. The second-order valence-electron chi connectivity index (χ2n) is 11.0. The fourth-order valence-corrected chi connectivity index (χ4v) is 4.40. The summed E-state index contributed by atoms with van der Waals surface area (Å²) in [6.07, 6.45) is 22.1. The lowest BCUT2D eigenvalue weighted by molar-refractivity contribution is -0.870. The van der Waals surface area contributed by atoms with Crippen LogP contribution in [0.3, 0.4) is 0 Å². The van der Waals surface area contributed by atoms with E-state index in [4.69, 9.17) is 13.8 Å². The first kappa shape index (κ1) is 36.2. The van der Waals surface area contributed by atoms with E-state index in [-0.39, 0.29) is 19.2 Å². The zero-order valence-electron chi connectivity index (χ0n) is 24.2. The Morgan fingerprint density at radius 2 is 1.32 bits per heavy atom. The van der Waals surface area contributed by atoms with Gasteiger partial charge in [-0.15, -0.1) is 0 Å². The van der Waals surface area contributed by atoms with Gasteiger partial charge in [-0.3, -0.25) is 13.8 Å². The van der Waals surface area contributed by atoms with Crippen LogP contribution < -0.4 is 0 Å². The van der Waals surface area contributed by atoms with Crippen LogP contribution in [0.4, 0.5) is 0 Å². The van der Waals surface area contributed by atoms with E-state index in [9.17, 15) is 19.4 Å². The Morgan fingerprint density at radius 1 is 0.811 bits per heavy atom. The molecule has 0 amide bonds. The zero-order chi connectivity index (χ0) is 27.8. The number of quaternary nitrogens is 1. The van der Waals surface area contributed by atoms with Crippen LogP contribution in [0.1, 0.15) is 110 Å². The maximum Gasteiger partial charge on any atom is 0.472 e. The fourth-order valence-electron chi connectivity index (χ4n) is 3.65. The Morgan fingerprint density at radius 3 is 1.86 bits per heavy atom. The molecule has 0 aliphatic heterocycles. The third-order valence-corrected chi connectivity index (χ3v) is 7.01. The Bertz CT molecular complexity index is 622. The number of hydrogen-bond acceptors (Lipinski definition) is 6. The molecule has 0 aromatic rings. The van der Waals surface area contributed by atoms with Gasteiger partial charge in [0.2, 0.25) is 0 Å². The molecule has 0 fully saturated rings. The standard InChI is InChI=1S/C28H56NO7P/c1-5-6-7-8-9-10-11-12-13-14-15-16-17-18-19-20-21-22-28(31)34-25-27(30)26-36-37(32,33)35-24-23-29(2,3)4/h10-11,27,30H,5-9,12-26H2,1-4H3/p+1/b11-10+/t27-/m1/s1. The van der Waals surface area contributed by atoms with E-state index in [2.05, 4.69) is 19.1 Å². The molecule has 2 atom stereocenters. The van der Waals surface area contributed by atoms with Gasteiger partial charge in [0, 0.05) is 6.42 Å². The van der Waals surface area contributed by atoms with Crippen molar-refractivity contribution in [1.29, 1.82) is 0 Å². The van der Waals surface area contributed by atoms with Crippen molar-refractivity contribution >= 4 is 13.8 Å². The van der Waals surface area contributed by atoms with Crippen molar-refractivity contribution in [2.24, 2.45) is 0 Å². The van der Waals surface area contributed by atoms with Gasteiger partial charge in [-0.05, 0) is 32.1 Å². The van der Waals surface area contributed by atoms with Crippen LogP contribution in [-0.4, -0.2) is 74.1 Å². The number of nitrogens with zero attached hydrogens (tertiary/aromatic N) is 1. The smallest absolute Gasteiger partial charge is 0.463 e. The first-order valence-electron chi connectivity index (χ1n) is 14.5. The van der Waals surface area contributed by atoms with Gasteiger partial charge in [0.05, 0.1) is 27.7 Å². The summed E-state index contributed by atoms with van der Waals surface area (Å²) in [4.78, 5) is 21.5. The van der Waals surface area contributed by atoms with Crippen molar-refractivity contribution < 1.29 is 37.6 Å². The number of rotatable bonds is 26. The molecule has 0 rings (SSSR count). The second-order valence-corrected chi connectivity index (χ2v) is 12.4. The lowest BCUT2D eigenvalue weighted by Gasteiger charge is -2.24. The highest BCUT2D eigenvalue weighted by Crippen LogP contribution is 2.43. The number of aliphatic hydroxyl groups is 1. The molecule has 0 aliphatic carbocycles. The zero-order valence-corrected chi connectivity index (χ0v) is 25.1. The predicted octanol–water partition coefficient (Wildman–Crippen LogP) is 6.55. The predicted molar refractivity (Wildman–Crippen MR) is 150 cm³/mol. The SMILES string of the molecule is CCCCCC/C=C/CCCCCCCCCCCC(=O)OC[C@@H](O)COP(=O)(O)OCC[N+](C)(C)C. The number of unbranched alkanes of at least 4 members (excludes halogenated alkanes) is 13. The Hall–Kier alpha value is -0.760. The van der Waals surface area contributed by atoms with Crippen molar-refractivity contribution in [3.8, 4) is 0 Å². The Balaban J connectivity index is 3.53. The number of esters is 1. The van der Waals surface area contributed by atoms with Crippen molar-refractivity contribution in [2.75, 3.05) is 47.5 Å². The number of carbonyl (C=O) groups is 1. The Kier molecular flexibility index (Phi) is 22.7. The monoisotopic (exact) mass is 550 g/mol. The normalized spacial score (nSPS) is 14.6. The molecule has 0 aromatic heterocycles. The largest absolute Gasteiger partial charge is 0.472 e. The summed E-state index contributed by atoms with van der Waals surface area (Å²) >= 11 is 0. The third-order valence-electron chi connectivity index (χ3n) is 6.03. The molecule has 0 aromatic carbocycles. The molecule has 0 bridgehead atoms. The van der Waals surface area contributed by atoms with Crippen LogP contribution in [-0.2, 0) is 23.1 Å². The molecule has 0 saturated heterocycles. The molecular weight excluding hydrogens is 493 g/mol. The molecule has 8 nitrogen and oxygen atoms in total. The van der Waals surface area contributed by atoms with E-state index in [0.717, 1.165) is 19.3 Å². The third kappa shape index (κ3) is 28.1. The molecule has 9 heteroatoms. The summed E-state index contributed by atoms with van der Waals surface area (Å²) in [6, 6.07) is 0. The number of carbonyl (C=O) groups excluding carboxylic acids is 1. The van der Waals surface area contributed by atoms with Crippen LogP contribution in [0.2, 0.25) is 0 Å². The first-order chi connectivity index (χ1) is 17.6. The minimum absolute atomic E-state index is 0.0551. The highest BCUT2D eigenvalue weighted by molar-refractivity contribution is 7.47. The van der Waals surface area contributed by atoms with Crippen LogP contribution in [0.5, 0.6) is 0 Å². The number of ether oxygens (including phenoxy) is 1. The molecule has 0 saturated carbocycles. The van der Waals surface area contributed by atoms with Crippen molar-refractivity contribution in [1.82, 2.24) is 0 Å². The Labute approximate surface area is 227 Å². The summed E-state index contributed by atoms with van der Waals surface area (Å²) < 4.78 is 27.1. The molecule has 37 heavy (non-hydrogen) atoms. The number of phosphoric ester groups is 1. The van der Waals surface area contributed by atoms with Crippen molar-refractivity contribution in [3.05, 3.63) is 12.2 Å². The lowest BCUT2D eigenvalue weighted by Crippen LogP contribution is -2.37. The maximum atomic E-state index is 11.8. The van der Waals surface area contributed by atoms with Gasteiger partial charge in [-0.25, -0.2) is 4.57 Å². The molecule has 0 spiro atoms. The van der Waals surface area contributed by atoms with Gasteiger partial charge in [0.15, 0.2) is 0 Å². The molecule has 220 valence electrons. The molecule has 0 aliphatic rings. The topological polar surface area (TPSA) is 102 Å². The summed E-state index contributed by atoms with van der Waals surface area (Å²) in [5, 5.41) is 9.84. The van der Waals surface area contributed by atoms with E-state index < -0.39 is 20.5 Å². The number of phosphoric acid groups is 1. The number of aliphatic hydroxyl groups excluding tert-OH is 1. The van der Waals surface area contributed by atoms with Crippen molar-refractivity contribution in [3.63, 3.8) is 0 Å². The average Bonchev–Trinajstić information content (AvgIpc) is 2.82. The highest BCUT2D eigenvalue weighted by atomic mass is 31.2. The molecular formula is C28H57NO7P+. The molecule has 1 unspecified atom stereocenters. The van der Waals surface area contributed by atoms with E-state index in [1.165, 1.54) is 77.0 Å². The quantitative estimate of drug-likeness (QED) is 0.0414. The van der Waals surface area contributed by atoms with E-state index >= 15 is 0 Å².